The zero-order chi connectivity index (χ0) is 30.2. The summed E-state index contributed by atoms with van der Waals surface area (Å²) >= 11 is 1.47. The molecule has 222 valence electrons. The van der Waals surface area contributed by atoms with E-state index >= 15 is 0 Å². The van der Waals surface area contributed by atoms with Crippen molar-refractivity contribution in [3.05, 3.63) is 42.5 Å². The van der Waals surface area contributed by atoms with Crippen LogP contribution >= 0.6 is 11.8 Å². The highest BCUT2D eigenvalue weighted by molar-refractivity contribution is 7.98. The summed E-state index contributed by atoms with van der Waals surface area (Å²) in [7, 11) is -4.39. The molecule has 12 nitrogen and oxygen atoms in total. The first-order valence-electron chi connectivity index (χ1n) is 13.0. The van der Waals surface area contributed by atoms with Gasteiger partial charge in [-0.1, -0.05) is 37.7 Å². The number of para-hydroxylation sites is 2. The van der Waals surface area contributed by atoms with Gasteiger partial charge in [-0.3, -0.25) is 14.5 Å². The van der Waals surface area contributed by atoms with Gasteiger partial charge in [0.25, 0.3) is 0 Å². The molecule has 0 radical (unpaired) electrons. The molecule has 2 atom stereocenters. The molecule has 1 aromatic heterocycles. The minimum Gasteiger partial charge on any atom is -0.487 e. The van der Waals surface area contributed by atoms with Gasteiger partial charge in [0.2, 0.25) is 15.9 Å². The summed E-state index contributed by atoms with van der Waals surface area (Å²) in [6, 6.07) is 10.2. The summed E-state index contributed by atoms with van der Waals surface area (Å²) in [5.41, 5.74) is 2.02. The lowest BCUT2D eigenvalue weighted by Gasteiger charge is -2.21. The molecule has 0 aliphatic heterocycles. The van der Waals surface area contributed by atoms with Crippen LogP contribution in [-0.4, -0.2) is 84.2 Å². The maximum atomic E-state index is 13.3. The minimum atomic E-state index is -4.39. The highest BCUT2D eigenvalue weighted by Crippen LogP contribution is 2.30. The van der Waals surface area contributed by atoms with Crippen LogP contribution in [0.15, 0.2) is 52.5 Å². The molecule has 0 saturated heterocycles. The number of rotatable bonds is 16. The molecule has 1 heterocycles. The number of imidazole rings is 1. The van der Waals surface area contributed by atoms with E-state index in [1.54, 1.807) is 6.92 Å². The van der Waals surface area contributed by atoms with E-state index in [9.17, 15) is 22.8 Å². The molecule has 14 heteroatoms. The van der Waals surface area contributed by atoms with Crippen molar-refractivity contribution in [2.75, 3.05) is 31.2 Å². The number of anilines is 1. The number of carbonyl (C=O) groups is 3. The first-order valence-corrected chi connectivity index (χ1v) is 15.7. The van der Waals surface area contributed by atoms with Gasteiger partial charge in [0, 0.05) is 11.8 Å². The number of nitrogens with zero attached hydrogens (tertiary/aromatic N) is 3. The number of sulfonamides is 1. The van der Waals surface area contributed by atoms with Gasteiger partial charge in [0.05, 0.1) is 36.6 Å². The van der Waals surface area contributed by atoms with Crippen LogP contribution in [0.1, 0.15) is 27.2 Å². The van der Waals surface area contributed by atoms with Gasteiger partial charge in [-0.15, -0.1) is 0 Å². The Morgan fingerprint density at radius 3 is 2.54 bits per heavy atom. The summed E-state index contributed by atoms with van der Waals surface area (Å²) < 4.78 is 36.8. The van der Waals surface area contributed by atoms with E-state index in [4.69, 9.17) is 9.84 Å². The first kappa shape index (κ1) is 32.1. The van der Waals surface area contributed by atoms with E-state index in [1.807, 2.05) is 53.8 Å². The predicted molar refractivity (Wildman–Crippen MR) is 157 cm³/mol. The van der Waals surface area contributed by atoms with E-state index < -0.39 is 34.6 Å². The molecule has 1 amide bonds. The van der Waals surface area contributed by atoms with Gasteiger partial charge in [-0.25, -0.2) is 18.1 Å². The van der Waals surface area contributed by atoms with Gasteiger partial charge < -0.3 is 24.5 Å². The molecule has 2 aromatic carbocycles. The third-order valence-electron chi connectivity index (χ3n) is 6.21. The van der Waals surface area contributed by atoms with Crippen molar-refractivity contribution in [2.24, 2.45) is 0 Å². The van der Waals surface area contributed by atoms with Crippen LogP contribution in [0.5, 0.6) is 5.75 Å². The number of carboxylic acids is 1. The Balaban J connectivity index is 1.95. The topological polar surface area (TPSA) is 160 Å². The number of amides is 1. The maximum Gasteiger partial charge on any atom is 0.305 e. The number of hydrogen-bond donors (Lipinski definition) is 3. The second-order valence-corrected chi connectivity index (χ2v) is 11.7. The Hall–Kier alpha value is -3.46. The molecule has 2 unspecified atom stereocenters. The van der Waals surface area contributed by atoms with Gasteiger partial charge in [-0.05, 0) is 50.5 Å². The van der Waals surface area contributed by atoms with Crippen LogP contribution in [0.2, 0.25) is 0 Å². The fraction of sp³-hybridized carbons (Fsp3) is 0.407. The standard InChI is InChI=1S/C27H35N5O7S2/c1-5-31(6-2)16-25(34)28-19-11-12-24(41(37,38)30-20(17-33)14-26(35)36)23(13-19)39-18(3)15-32-22-10-8-7-9-21(22)29-27(32)40-4/h7-13,17-18,20,30H,5-6,14-16H2,1-4H3,(H,28,34)(H,35,36). The number of aliphatic carboxylic acids is 1. The quantitative estimate of drug-likeness (QED) is 0.164. The Labute approximate surface area is 243 Å². The van der Waals surface area contributed by atoms with Crippen molar-refractivity contribution < 1.29 is 32.6 Å². The van der Waals surface area contributed by atoms with E-state index in [-0.39, 0.29) is 29.4 Å². The Kier molecular flexibility index (Phi) is 11.3. The number of aldehydes is 1. The third kappa shape index (κ3) is 8.52. The van der Waals surface area contributed by atoms with Crippen LogP contribution in [0.3, 0.4) is 0 Å². The zero-order valence-corrected chi connectivity index (χ0v) is 25.0. The molecule has 41 heavy (non-hydrogen) atoms. The second kappa shape index (κ2) is 14.4. The minimum absolute atomic E-state index is 0.0688. The summed E-state index contributed by atoms with van der Waals surface area (Å²) in [6.07, 6.45) is 0.852. The second-order valence-electron chi connectivity index (χ2n) is 9.26. The number of ether oxygens (including phenoxy) is 1. The van der Waals surface area contributed by atoms with Crippen molar-refractivity contribution in [1.82, 2.24) is 19.2 Å². The molecule has 0 spiro atoms. The fourth-order valence-corrected chi connectivity index (χ4v) is 6.08. The lowest BCUT2D eigenvalue weighted by Crippen LogP contribution is -2.38. The molecular weight excluding hydrogens is 570 g/mol. The number of fused-ring (bicyclic) bond motifs is 1. The zero-order valence-electron chi connectivity index (χ0n) is 23.4. The summed E-state index contributed by atoms with van der Waals surface area (Å²) in [6.45, 7) is 7.52. The number of thioether (sulfide) groups is 1. The Morgan fingerprint density at radius 2 is 1.90 bits per heavy atom. The van der Waals surface area contributed by atoms with E-state index in [1.165, 1.54) is 30.0 Å². The van der Waals surface area contributed by atoms with E-state index in [2.05, 4.69) is 15.0 Å². The highest BCUT2D eigenvalue weighted by atomic mass is 32.2. The van der Waals surface area contributed by atoms with Crippen molar-refractivity contribution >= 4 is 56.7 Å². The van der Waals surface area contributed by atoms with Crippen molar-refractivity contribution in [1.29, 1.82) is 0 Å². The monoisotopic (exact) mass is 605 g/mol. The normalized spacial score (nSPS) is 13.2. The summed E-state index contributed by atoms with van der Waals surface area (Å²) in [5.74, 6) is -1.68. The summed E-state index contributed by atoms with van der Waals surface area (Å²) in [5, 5.41) is 12.6. The third-order valence-corrected chi connectivity index (χ3v) is 8.42. The smallest absolute Gasteiger partial charge is 0.305 e. The van der Waals surface area contributed by atoms with E-state index in [0.717, 1.165) is 16.2 Å². The predicted octanol–water partition coefficient (Wildman–Crippen LogP) is 2.83. The molecule has 3 rings (SSSR count). The maximum absolute atomic E-state index is 13.3. The van der Waals surface area contributed by atoms with Crippen molar-refractivity contribution in [3.63, 3.8) is 0 Å². The highest BCUT2D eigenvalue weighted by Gasteiger charge is 2.27. The lowest BCUT2D eigenvalue weighted by molar-refractivity contribution is -0.138. The molecule has 0 fully saturated rings. The van der Waals surface area contributed by atoms with Crippen LogP contribution in [0.4, 0.5) is 5.69 Å². The van der Waals surface area contributed by atoms with Gasteiger partial charge in [0.15, 0.2) is 5.16 Å². The van der Waals surface area contributed by atoms with E-state index in [0.29, 0.717) is 25.3 Å². The number of nitrogens with one attached hydrogen (secondary N) is 2. The number of likely N-dealkylation sites (N-methyl/N-ethyl adjacent to an activating group) is 1. The van der Waals surface area contributed by atoms with Crippen LogP contribution in [-0.2, 0) is 31.0 Å². The molecule has 0 aliphatic rings. The molecule has 3 N–H and O–H groups in total. The van der Waals surface area contributed by atoms with Crippen molar-refractivity contribution in [3.8, 4) is 5.75 Å². The lowest BCUT2D eigenvalue weighted by atomic mass is 10.2. The number of hydrogen-bond acceptors (Lipinski definition) is 9. The largest absolute Gasteiger partial charge is 0.487 e. The fourth-order valence-electron chi connectivity index (χ4n) is 4.22. The van der Waals surface area contributed by atoms with Gasteiger partial charge >= 0.3 is 5.97 Å². The number of aromatic nitrogens is 2. The van der Waals surface area contributed by atoms with Gasteiger partial charge in [-0.2, -0.15) is 0 Å². The van der Waals surface area contributed by atoms with Gasteiger partial charge in [0.1, 0.15) is 23.0 Å². The Morgan fingerprint density at radius 1 is 1.20 bits per heavy atom. The average Bonchev–Trinajstić information content (AvgIpc) is 3.28. The Bertz CT molecular complexity index is 1490. The average molecular weight is 606 g/mol. The SMILES string of the molecule is CCN(CC)CC(=O)Nc1ccc(S(=O)(=O)NC(C=O)CC(=O)O)c(OC(C)Cn2c(SC)nc3ccccc32)c1. The van der Waals surface area contributed by atoms with Crippen LogP contribution < -0.4 is 14.8 Å². The number of carbonyl (C=O) groups excluding carboxylic acids is 2. The molecule has 0 bridgehead atoms. The number of benzene rings is 2. The molecular formula is C27H35N5O7S2. The molecule has 0 aliphatic carbocycles. The number of carboxylic acid groups (broad SMARTS) is 1. The first-order chi connectivity index (χ1) is 19.5. The summed E-state index contributed by atoms with van der Waals surface area (Å²) in [4.78, 5) is 41.4. The molecule has 0 saturated carbocycles. The molecule has 3 aromatic rings. The van der Waals surface area contributed by atoms with Crippen LogP contribution in [0.25, 0.3) is 11.0 Å². The van der Waals surface area contributed by atoms with Crippen LogP contribution in [0, 0.1) is 0 Å². The van der Waals surface area contributed by atoms with Crippen molar-refractivity contribution in [2.45, 2.75) is 55.9 Å².